The number of nitrogens with zero attached hydrogens (tertiary/aromatic N) is 3. The van der Waals surface area contributed by atoms with Crippen LogP contribution in [0.4, 0.5) is 5.69 Å². The van der Waals surface area contributed by atoms with Crippen molar-refractivity contribution in [1.82, 2.24) is 10.3 Å². The van der Waals surface area contributed by atoms with Gasteiger partial charge in [0.2, 0.25) is 11.8 Å². The second-order valence-electron chi connectivity index (χ2n) is 6.74. The lowest BCUT2D eigenvalue weighted by molar-refractivity contribution is -0.125. The summed E-state index contributed by atoms with van der Waals surface area (Å²) in [5.74, 6) is 0.697. The normalized spacial score (nSPS) is 23.0. The second-order valence-corrected chi connectivity index (χ2v) is 6.74. The van der Waals surface area contributed by atoms with E-state index in [1.165, 1.54) is 0 Å². The van der Waals surface area contributed by atoms with Crippen molar-refractivity contribution in [2.24, 2.45) is 11.0 Å². The van der Waals surface area contributed by atoms with E-state index in [1.54, 1.807) is 12.0 Å². The molecular weight excluding hydrogens is 320 g/mol. The maximum absolute atomic E-state index is 12.5. The van der Waals surface area contributed by atoms with E-state index in [0.29, 0.717) is 24.6 Å². The number of ether oxygens (including phenoxy) is 1. The summed E-state index contributed by atoms with van der Waals surface area (Å²) in [6, 6.07) is 5.96. The Morgan fingerprint density at radius 1 is 1.36 bits per heavy atom. The maximum Gasteiger partial charge on any atom is 0.230 e. The Morgan fingerprint density at radius 3 is 2.76 bits per heavy atom. The predicted octanol–water partition coefficient (Wildman–Crippen LogP) is 1.51. The largest absolute Gasteiger partial charge is 0.495 e. The van der Waals surface area contributed by atoms with Crippen molar-refractivity contribution in [3.8, 4) is 5.75 Å². The van der Waals surface area contributed by atoms with E-state index in [4.69, 9.17) is 4.74 Å². The van der Waals surface area contributed by atoms with Crippen molar-refractivity contribution in [2.45, 2.75) is 32.7 Å². The van der Waals surface area contributed by atoms with E-state index in [-0.39, 0.29) is 30.2 Å². The molecule has 0 aromatic heterocycles. The van der Waals surface area contributed by atoms with Crippen LogP contribution in [0.25, 0.3) is 0 Å². The summed E-state index contributed by atoms with van der Waals surface area (Å²) in [4.78, 5) is 26.6. The molecule has 7 nitrogen and oxygen atoms in total. The Hall–Kier alpha value is -2.57. The van der Waals surface area contributed by atoms with Crippen molar-refractivity contribution < 1.29 is 14.3 Å². The zero-order valence-electron chi connectivity index (χ0n) is 15.1. The minimum Gasteiger partial charge on any atom is -0.495 e. The molecule has 2 heterocycles. The van der Waals surface area contributed by atoms with Gasteiger partial charge in [0.1, 0.15) is 11.6 Å². The molecule has 0 aliphatic carbocycles. The number of amides is 2. The molecule has 25 heavy (non-hydrogen) atoms. The SMILES string of the molecule is COc1ccc(C)cc1N1C[C@@H](C(=O)NC2=NN(C)[C@H](C)C2)CC1=O. The van der Waals surface area contributed by atoms with Crippen LogP contribution in [0.3, 0.4) is 0 Å². The summed E-state index contributed by atoms with van der Waals surface area (Å²) >= 11 is 0. The van der Waals surface area contributed by atoms with Crippen LogP contribution in [-0.2, 0) is 9.59 Å². The molecule has 2 atom stereocenters. The molecule has 1 fully saturated rings. The Labute approximate surface area is 147 Å². The van der Waals surface area contributed by atoms with Gasteiger partial charge in [-0.3, -0.25) is 14.6 Å². The number of carbonyl (C=O) groups excluding carboxylic acids is 2. The first-order valence-corrected chi connectivity index (χ1v) is 8.45. The number of amidine groups is 1. The highest BCUT2D eigenvalue weighted by atomic mass is 16.5. The second kappa shape index (κ2) is 6.74. The van der Waals surface area contributed by atoms with Crippen LogP contribution in [-0.4, -0.2) is 49.4 Å². The fourth-order valence-electron chi connectivity index (χ4n) is 3.19. The van der Waals surface area contributed by atoms with Gasteiger partial charge in [0, 0.05) is 26.4 Å². The number of rotatable bonds is 3. The summed E-state index contributed by atoms with van der Waals surface area (Å²) in [5, 5.41) is 9.02. The molecular formula is C18H24N4O3. The number of carbonyl (C=O) groups is 2. The highest BCUT2D eigenvalue weighted by Gasteiger charge is 2.37. The molecule has 1 aromatic carbocycles. The summed E-state index contributed by atoms with van der Waals surface area (Å²) in [6.07, 6.45) is 0.903. The number of aryl methyl sites for hydroxylation is 1. The highest BCUT2D eigenvalue weighted by molar-refractivity contribution is 6.05. The van der Waals surface area contributed by atoms with Gasteiger partial charge in [-0.05, 0) is 31.5 Å². The van der Waals surface area contributed by atoms with Crippen LogP contribution < -0.4 is 15.0 Å². The van der Waals surface area contributed by atoms with E-state index in [9.17, 15) is 9.59 Å². The lowest BCUT2D eigenvalue weighted by Gasteiger charge is -2.20. The van der Waals surface area contributed by atoms with E-state index >= 15 is 0 Å². The summed E-state index contributed by atoms with van der Waals surface area (Å²) < 4.78 is 5.37. The van der Waals surface area contributed by atoms with Gasteiger partial charge < -0.3 is 15.0 Å². The smallest absolute Gasteiger partial charge is 0.230 e. The third-order valence-electron chi connectivity index (χ3n) is 4.79. The molecule has 1 saturated heterocycles. The minimum absolute atomic E-state index is 0.0668. The Balaban J connectivity index is 1.71. The van der Waals surface area contributed by atoms with Crippen LogP contribution in [0.15, 0.2) is 23.3 Å². The van der Waals surface area contributed by atoms with Crippen molar-refractivity contribution in [3.63, 3.8) is 0 Å². The Kier molecular flexibility index (Phi) is 4.65. The third-order valence-corrected chi connectivity index (χ3v) is 4.79. The maximum atomic E-state index is 12.5. The van der Waals surface area contributed by atoms with Crippen molar-refractivity contribution in [3.05, 3.63) is 23.8 Å². The van der Waals surface area contributed by atoms with E-state index in [2.05, 4.69) is 10.4 Å². The molecule has 1 N–H and O–H groups in total. The van der Waals surface area contributed by atoms with Crippen LogP contribution in [0.1, 0.15) is 25.3 Å². The van der Waals surface area contributed by atoms with Crippen molar-refractivity contribution in [2.75, 3.05) is 25.6 Å². The summed E-state index contributed by atoms with van der Waals surface area (Å²) in [5.41, 5.74) is 1.75. The fourth-order valence-corrected chi connectivity index (χ4v) is 3.19. The molecule has 1 aromatic rings. The molecule has 0 spiro atoms. The molecule has 2 aliphatic rings. The Morgan fingerprint density at radius 2 is 2.12 bits per heavy atom. The zero-order valence-corrected chi connectivity index (χ0v) is 15.1. The summed E-state index contributed by atoms with van der Waals surface area (Å²) in [7, 11) is 3.46. The number of hydrazone groups is 1. The van der Waals surface area contributed by atoms with Gasteiger partial charge in [-0.2, -0.15) is 5.10 Å². The lowest BCUT2D eigenvalue weighted by atomic mass is 10.1. The quantitative estimate of drug-likeness (QED) is 0.902. The number of anilines is 1. The molecule has 7 heteroatoms. The average molecular weight is 344 g/mol. The topological polar surface area (TPSA) is 74.2 Å². The number of methoxy groups -OCH3 is 1. The van der Waals surface area contributed by atoms with Gasteiger partial charge in [0.25, 0.3) is 0 Å². The van der Waals surface area contributed by atoms with E-state index in [1.807, 2.05) is 44.1 Å². The van der Waals surface area contributed by atoms with Gasteiger partial charge in [0.05, 0.1) is 24.8 Å². The number of benzene rings is 1. The third kappa shape index (κ3) is 3.45. The molecule has 2 amide bonds. The Bertz CT molecular complexity index is 731. The zero-order chi connectivity index (χ0) is 18.1. The first-order chi connectivity index (χ1) is 11.9. The first-order valence-electron chi connectivity index (χ1n) is 8.45. The van der Waals surface area contributed by atoms with Gasteiger partial charge in [0.15, 0.2) is 0 Å². The van der Waals surface area contributed by atoms with Crippen LogP contribution in [0.2, 0.25) is 0 Å². The predicted molar refractivity (Wildman–Crippen MR) is 95.6 cm³/mol. The van der Waals surface area contributed by atoms with Gasteiger partial charge >= 0.3 is 0 Å². The number of nitrogens with one attached hydrogen (secondary N) is 1. The van der Waals surface area contributed by atoms with Gasteiger partial charge in [-0.15, -0.1) is 0 Å². The van der Waals surface area contributed by atoms with Crippen molar-refractivity contribution in [1.29, 1.82) is 0 Å². The molecule has 0 bridgehead atoms. The average Bonchev–Trinajstić information content (AvgIpc) is 3.10. The standard InChI is InChI=1S/C18H24N4O3/c1-11-5-6-15(25-4)14(7-11)22-10-13(9-17(22)23)18(24)19-16-8-12(2)21(3)20-16/h5-7,12-13H,8-10H2,1-4H3,(H,19,20,24)/t12-,13+/m1/s1. The highest BCUT2D eigenvalue weighted by Crippen LogP contribution is 2.34. The van der Waals surface area contributed by atoms with Gasteiger partial charge in [-0.1, -0.05) is 6.07 Å². The van der Waals surface area contributed by atoms with Crippen LogP contribution >= 0.6 is 0 Å². The molecule has 134 valence electrons. The molecule has 3 rings (SSSR count). The molecule has 0 saturated carbocycles. The first kappa shape index (κ1) is 17.3. The van der Waals surface area contributed by atoms with Crippen LogP contribution in [0, 0.1) is 12.8 Å². The number of hydrogen-bond acceptors (Lipinski definition) is 5. The van der Waals surface area contributed by atoms with Crippen LogP contribution in [0.5, 0.6) is 5.75 Å². The molecule has 0 radical (unpaired) electrons. The molecule has 0 unspecified atom stereocenters. The number of hydrogen-bond donors (Lipinski definition) is 1. The fraction of sp³-hybridized carbons (Fsp3) is 0.500. The van der Waals surface area contributed by atoms with Crippen molar-refractivity contribution >= 4 is 23.3 Å². The van der Waals surface area contributed by atoms with E-state index in [0.717, 1.165) is 11.3 Å². The molecule has 2 aliphatic heterocycles. The minimum atomic E-state index is -0.387. The summed E-state index contributed by atoms with van der Waals surface area (Å²) in [6.45, 7) is 4.36. The van der Waals surface area contributed by atoms with Gasteiger partial charge in [-0.25, -0.2) is 0 Å². The monoisotopic (exact) mass is 344 g/mol. The van der Waals surface area contributed by atoms with E-state index < -0.39 is 0 Å². The lowest BCUT2D eigenvalue weighted by Crippen LogP contribution is -2.36.